The Hall–Kier alpha value is -3.80. The largest absolute Gasteiger partial charge is 0.497 e. The van der Waals surface area contributed by atoms with E-state index in [0.717, 1.165) is 39.5 Å². The molecule has 6 heteroatoms. The Morgan fingerprint density at radius 2 is 1.67 bits per heavy atom. The summed E-state index contributed by atoms with van der Waals surface area (Å²) in [5.74, 6) is 2.82. The molecule has 2 heterocycles. The summed E-state index contributed by atoms with van der Waals surface area (Å²) in [6, 6.07) is 24.1. The molecule has 4 aromatic rings. The maximum absolute atomic E-state index is 12.9. The summed E-state index contributed by atoms with van der Waals surface area (Å²) in [4.78, 5) is 19.8. The van der Waals surface area contributed by atoms with Crippen molar-refractivity contribution in [2.75, 3.05) is 20.8 Å². The predicted molar refractivity (Wildman–Crippen MR) is 128 cm³/mol. The van der Waals surface area contributed by atoms with E-state index in [4.69, 9.17) is 14.5 Å². The number of imidazole rings is 1. The highest BCUT2D eigenvalue weighted by atomic mass is 16.5. The van der Waals surface area contributed by atoms with Gasteiger partial charge in [0.25, 0.3) is 0 Å². The highest BCUT2D eigenvalue weighted by molar-refractivity contribution is 5.81. The van der Waals surface area contributed by atoms with Gasteiger partial charge in [-0.1, -0.05) is 42.5 Å². The summed E-state index contributed by atoms with van der Waals surface area (Å²) in [5, 5.41) is 0. The number of carbonyl (C=O) groups excluding carboxylic acids is 1. The monoisotopic (exact) mass is 441 g/mol. The number of rotatable bonds is 7. The Morgan fingerprint density at radius 3 is 2.45 bits per heavy atom. The molecule has 0 aliphatic carbocycles. The molecule has 168 valence electrons. The van der Waals surface area contributed by atoms with Crippen LogP contribution in [0.5, 0.6) is 11.5 Å². The van der Waals surface area contributed by atoms with Gasteiger partial charge in [-0.05, 0) is 35.9 Å². The molecule has 1 saturated heterocycles. The van der Waals surface area contributed by atoms with Gasteiger partial charge in [-0.2, -0.15) is 0 Å². The lowest BCUT2D eigenvalue weighted by Crippen LogP contribution is -2.24. The molecule has 1 amide bonds. The lowest BCUT2D eigenvalue weighted by Gasteiger charge is -2.18. The number of aromatic nitrogens is 2. The van der Waals surface area contributed by atoms with Gasteiger partial charge >= 0.3 is 0 Å². The first-order valence-electron chi connectivity index (χ1n) is 11.1. The van der Waals surface area contributed by atoms with Crippen molar-refractivity contribution in [3.05, 3.63) is 89.7 Å². The van der Waals surface area contributed by atoms with Crippen LogP contribution in [0.1, 0.15) is 29.3 Å². The molecule has 0 N–H and O–H groups in total. The van der Waals surface area contributed by atoms with Gasteiger partial charge in [-0.25, -0.2) is 4.98 Å². The van der Waals surface area contributed by atoms with Crippen molar-refractivity contribution >= 4 is 16.9 Å². The van der Waals surface area contributed by atoms with Crippen LogP contribution in [0, 0.1) is 0 Å². The number of hydrogen-bond acceptors (Lipinski definition) is 4. The zero-order valence-electron chi connectivity index (χ0n) is 18.9. The number of likely N-dealkylation sites (tertiary alicyclic amines) is 1. The summed E-state index contributed by atoms with van der Waals surface area (Å²) in [5.41, 5.74) is 4.19. The van der Waals surface area contributed by atoms with Gasteiger partial charge < -0.3 is 18.9 Å². The maximum Gasteiger partial charge on any atom is 0.223 e. The van der Waals surface area contributed by atoms with E-state index in [1.807, 2.05) is 65.6 Å². The van der Waals surface area contributed by atoms with Crippen LogP contribution >= 0.6 is 0 Å². The molecule has 0 spiro atoms. The quantitative estimate of drug-likeness (QED) is 0.420. The normalized spacial score (nSPS) is 15.9. The summed E-state index contributed by atoms with van der Waals surface area (Å²) in [7, 11) is 3.35. The fourth-order valence-electron chi connectivity index (χ4n) is 4.63. The van der Waals surface area contributed by atoms with Gasteiger partial charge in [0.2, 0.25) is 5.91 Å². The van der Waals surface area contributed by atoms with Crippen LogP contribution in [0.2, 0.25) is 0 Å². The molecular formula is C27H27N3O3. The lowest BCUT2D eigenvalue weighted by molar-refractivity contribution is -0.128. The number of nitrogens with zero attached hydrogens (tertiary/aromatic N) is 3. The van der Waals surface area contributed by atoms with Crippen LogP contribution < -0.4 is 9.47 Å². The molecule has 0 bridgehead atoms. The molecule has 33 heavy (non-hydrogen) atoms. The second kappa shape index (κ2) is 8.98. The van der Waals surface area contributed by atoms with Crippen molar-refractivity contribution in [3.63, 3.8) is 0 Å². The molecule has 0 saturated carbocycles. The van der Waals surface area contributed by atoms with Gasteiger partial charge in [0, 0.05) is 31.0 Å². The smallest absolute Gasteiger partial charge is 0.223 e. The molecule has 0 radical (unpaired) electrons. The number of para-hydroxylation sites is 3. The highest BCUT2D eigenvalue weighted by Crippen LogP contribution is 2.32. The minimum absolute atomic E-state index is 0.0397. The molecule has 5 rings (SSSR count). The van der Waals surface area contributed by atoms with Crippen LogP contribution in [0.25, 0.3) is 11.0 Å². The molecule has 1 aliphatic rings. The van der Waals surface area contributed by atoms with E-state index in [-0.39, 0.29) is 11.8 Å². The minimum Gasteiger partial charge on any atom is -0.497 e. The minimum atomic E-state index is 0.0397. The van der Waals surface area contributed by atoms with Gasteiger partial charge in [-0.15, -0.1) is 0 Å². The van der Waals surface area contributed by atoms with Crippen molar-refractivity contribution in [1.82, 2.24) is 14.5 Å². The zero-order chi connectivity index (χ0) is 22.8. The Labute approximate surface area is 193 Å². The number of amides is 1. The average Bonchev–Trinajstić information content (AvgIpc) is 3.40. The topological polar surface area (TPSA) is 56.6 Å². The van der Waals surface area contributed by atoms with Gasteiger partial charge in [0.15, 0.2) is 0 Å². The molecule has 3 aromatic carbocycles. The average molecular weight is 442 g/mol. The lowest BCUT2D eigenvalue weighted by atomic mass is 10.1. The molecule has 1 fully saturated rings. The van der Waals surface area contributed by atoms with Gasteiger partial charge in [-0.3, -0.25) is 4.79 Å². The third-order valence-corrected chi connectivity index (χ3v) is 6.32. The molecule has 1 unspecified atom stereocenters. The SMILES string of the molecule is COc1ccc(CN2CC(c3nc4ccccc4n3Cc3ccccc3OC)CC2=O)cc1. The van der Waals surface area contributed by atoms with Gasteiger partial charge in [0.05, 0.1) is 31.8 Å². The first kappa shape index (κ1) is 21.1. The number of ether oxygens (including phenoxy) is 2. The van der Waals surface area contributed by atoms with Crippen molar-refractivity contribution in [2.24, 2.45) is 0 Å². The van der Waals surface area contributed by atoms with Crippen molar-refractivity contribution in [2.45, 2.75) is 25.4 Å². The van der Waals surface area contributed by atoms with Crippen LogP contribution in [0.3, 0.4) is 0 Å². The maximum atomic E-state index is 12.9. The van der Waals surface area contributed by atoms with E-state index in [0.29, 0.717) is 26.1 Å². The third-order valence-electron chi connectivity index (χ3n) is 6.32. The fraction of sp³-hybridized carbons (Fsp3) is 0.259. The van der Waals surface area contributed by atoms with Crippen LogP contribution in [-0.2, 0) is 17.9 Å². The van der Waals surface area contributed by atoms with Crippen molar-refractivity contribution < 1.29 is 14.3 Å². The van der Waals surface area contributed by atoms with E-state index < -0.39 is 0 Å². The summed E-state index contributed by atoms with van der Waals surface area (Å²) in [6.45, 7) is 1.88. The second-order valence-electron chi connectivity index (χ2n) is 8.38. The number of fused-ring (bicyclic) bond motifs is 1. The molecule has 6 nitrogen and oxygen atoms in total. The summed E-state index contributed by atoms with van der Waals surface area (Å²) in [6.07, 6.45) is 0.464. The first-order valence-corrected chi connectivity index (χ1v) is 11.1. The highest BCUT2D eigenvalue weighted by Gasteiger charge is 2.34. The van der Waals surface area contributed by atoms with E-state index in [1.54, 1.807) is 14.2 Å². The van der Waals surface area contributed by atoms with E-state index >= 15 is 0 Å². The third kappa shape index (κ3) is 4.16. The van der Waals surface area contributed by atoms with E-state index in [9.17, 15) is 4.79 Å². The Bertz CT molecular complexity index is 1280. The standard InChI is InChI=1S/C27H27N3O3/c1-32-22-13-11-19(12-14-22)16-29-17-21(15-26(29)31)27-28-23-8-4-5-9-24(23)30(27)18-20-7-3-6-10-25(20)33-2/h3-14,21H,15-18H2,1-2H3. The predicted octanol–water partition coefficient (Wildman–Crippen LogP) is 4.62. The van der Waals surface area contributed by atoms with E-state index in [2.05, 4.69) is 16.7 Å². The molecule has 1 aromatic heterocycles. The molecule has 1 atom stereocenters. The first-order chi connectivity index (χ1) is 16.2. The Balaban J connectivity index is 1.44. The second-order valence-corrected chi connectivity index (χ2v) is 8.38. The Kier molecular flexibility index (Phi) is 5.73. The summed E-state index contributed by atoms with van der Waals surface area (Å²) >= 11 is 0. The molecule has 1 aliphatic heterocycles. The Morgan fingerprint density at radius 1 is 0.909 bits per heavy atom. The van der Waals surface area contributed by atoms with Crippen LogP contribution in [0.15, 0.2) is 72.8 Å². The van der Waals surface area contributed by atoms with Crippen molar-refractivity contribution in [3.8, 4) is 11.5 Å². The summed E-state index contributed by atoms with van der Waals surface area (Å²) < 4.78 is 13.1. The number of benzene rings is 3. The van der Waals surface area contributed by atoms with E-state index in [1.165, 1.54) is 0 Å². The number of methoxy groups -OCH3 is 2. The van der Waals surface area contributed by atoms with Crippen LogP contribution in [0.4, 0.5) is 0 Å². The fourth-order valence-corrected chi connectivity index (χ4v) is 4.63. The van der Waals surface area contributed by atoms with Crippen molar-refractivity contribution in [1.29, 1.82) is 0 Å². The number of carbonyl (C=O) groups is 1. The number of hydrogen-bond donors (Lipinski definition) is 0. The zero-order valence-corrected chi connectivity index (χ0v) is 18.9. The molecular weight excluding hydrogens is 414 g/mol. The van der Waals surface area contributed by atoms with Crippen LogP contribution in [-0.4, -0.2) is 41.1 Å². The van der Waals surface area contributed by atoms with Gasteiger partial charge in [0.1, 0.15) is 17.3 Å².